The van der Waals surface area contributed by atoms with Crippen molar-refractivity contribution in [2.24, 2.45) is 0 Å². The van der Waals surface area contributed by atoms with Gasteiger partial charge < -0.3 is 4.74 Å². The molecule has 0 saturated carbocycles. The lowest BCUT2D eigenvalue weighted by molar-refractivity contribution is 0.112. The van der Waals surface area contributed by atoms with E-state index in [9.17, 15) is 4.79 Å². The number of pyridine rings is 1. The van der Waals surface area contributed by atoms with Gasteiger partial charge in [0.15, 0.2) is 6.29 Å². The van der Waals surface area contributed by atoms with Crippen LogP contribution in [0.25, 0.3) is 22.2 Å². The van der Waals surface area contributed by atoms with E-state index in [1.54, 1.807) is 18.4 Å². The number of ether oxygens (including phenoxy) is 1. The van der Waals surface area contributed by atoms with E-state index in [1.807, 2.05) is 41.1 Å². The monoisotopic (exact) mass is 269 g/mol. The molecule has 2 heterocycles. The summed E-state index contributed by atoms with van der Waals surface area (Å²) < 4.78 is 5.20. The number of rotatable bonds is 3. The molecule has 19 heavy (non-hydrogen) atoms. The molecular weight excluding hydrogens is 258 g/mol. The Morgan fingerprint density at radius 1 is 1.26 bits per heavy atom. The maximum Gasteiger partial charge on any atom is 0.152 e. The molecule has 0 amide bonds. The van der Waals surface area contributed by atoms with Crippen molar-refractivity contribution in [3.8, 4) is 17.0 Å². The van der Waals surface area contributed by atoms with Gasteiger partial charge in [-0.3, -0.25) is 4.79 Å². The summed E-state index contributed by atoms with van der Waals surface area (Å²) in [5.41, 5.74) is 3.12. The lowest BCUT2D eigenvalue weighted by atomic mass is 10.1. The van der Waals surface area contributed by atoms with E-state index < -0.39 is 0 Å². The van der Waals surface area contributed by atoms with Crippen molar-refractivity contribution in [2.75, 3.05) is 7.11 Å². The number of carbonyl (C=O) groups is 1. The Morgan fingerprint density at radius 3 is 2.84 bits per heavy atom. The molecule has 0 fully saturated rings. The minimum Gasteiger partial charge on any atom is -0.497 e. The highest BCUT2D eigenvalue weighted by Gasteiger charge is 2.09. The van der Waals surface area contributed by atoms with Gasteiger partial charge >= 0.3 is 0 Å². The molecule has 1 aromatic carbocycles. The van der Waals surface area contributed by atoms with Crippen molar-refractivity contribution < 1.29 is 9.53 Å². The Bertz CT molecular complexity index is 735. The van der Waals surface area contributed by atoms with Gasteiger partial charge in [0.25, 0.3) is 0 Å². The third kappa shape index (κ3) is 2.11. The Morgan fingerprint density at radius 2 is 2.16 bits per heavy atom. The molecule has 0 aliphatic heterocycles. The number of aromatic nitrogens is 1. The number of fused-ring (bicyclic) bond motifs is 1. The second-order valence-electron chi connectivity index (χ2n) is 4.11. The second-order valence-corrected chi connectivity index (χ2v) is 4.89. The van der Waals surface area contributed by atoms with Gasteiger partial charge in [-0.05, 0) is 29.6 Å². The number of thiophene rings is 1. The largest absolute Gasteiger partial charge is 0.497 e. The number of benzene rings is 1. The highest BCUT2D eigenvalue weighted by atomic mass is 32.1. The summed E-state index contributed by atoms with van der Waals surface area (Å²) in [6.45, 7) is 0. The molecule has 2 aromatic heterocycles. The molecule has 4 heteroatoms. The van der Waals surface area contributed by atoms with Gasteiger partial charge in [0.05, 0.1) is 18.3 Å². The van der Waals surface area contributed by atoms with Crippen molar-refractivity contribution in [1.29, 1.82) is 0 Å². The maximum atomic E-state index is 11.2. The first-order valence-electron chi connectivity index (χ1n) is 5.78. The first-order valence-corrected chi connectivity index (χ1v) is 6.72. The lowest BCUT2D eigenvalue weighted by Crippen LogP contribution is -1.93. The maximum absolute atomic E-state index is 11.2. The molecule has 3 rings (SSSR count). The zero-order valence-electron chi connectivity index (χ0n) is 10.3. The van der Waals surface area contributed by atoms with E-state index in [2.05, 4.69) is 4.98 Å². The molecule has 0 spiro atoms. The normalized spacial score (nSPS) is 10.6. The first-order chi connectivity index (χ1) is 9.31. The minimum absolute atomic E-state index is 0.607. The molecule has 0 N–H and O–H groups in total. The van der Waals surface area contributed by atoms with Crippen LogP contribution in [-0.4, -0.2) is 18.4 Å². The average Bonchev–Trinajstić information content (AvgIpc) is 2.99. The number of carbonyl (C=O) groups excluding carboxylic acids is 1. The molecule has 0 atom stereocenters. The van der Waals surface area contributed by atoms with Gasteiger partial charge in [-0.25, -0.2) is 4.98 Å². The van der Waals surface area contributed by atoms with Crippen molar-refractivity contribution in [3.05, 3.63) is 46.7 Å². The fourth-order valence-corrected chi connectivity index (χ4v) is 2.65. The fourth-order valence-electron chi connectivity index (χ4n) is 2.01. The summed E-state index contributed by atoms with van der Waals surface area (Å²) in [5, 5.41) is 4.89. The fraction of sp³-hybridized carbons (Fsp3) is 0.0667. The summed E-state index contributed by atoms with van der Waals surface area (Å²) in [7, 11) is 1.63. The third-order valence-corrected chi connectivity index (χ3v) is 3.66. The van der Waals surface area contributed by atoms with Crippen LogP contribution in [0.2, 0.25) is 0 Å². The molecule has 3 aromatic rings. The molecule has 0 unspecified atom stereocenters. The molecule has 0 bridgehead atoms. The van der Waals surface area contributed by atoms with E-state index in [1.165, 1.54) is 0 Å². The van der Waals surface area contributed by atoms with Gasteiger partial charge in [0.1, 0.15) is 5.75 Å². The number of hydrogen-bond acceptors (Lipinski definition) is 4. The summed E-state index contributed by atoms with van der Waals surface area (Å²) in [4.78, 5) is 15.8. The molecule has 0 aliphatic carbocycles. The first kappa shape index (κ1) is 11.9. The molecule has 0 saturated heterocycles. The highest BCUT2D eigenvalue weighted by Crippen LogP contribution is 2.28. The molecule has 0 radical (unpaired) electrons. The van der Waals surface area contributed by atoms with E-state index in [0.717, 1.165) is 34.2 Å². The van der Waals surface area contributed by atoms with E-state index in [-0.39, 0.29) is 0 Å². The van der Waals surface area contributed by atoms with Crippen LogP contribution in [0, 0.1) is 0 Å². The van der Waals surface area contributed by atoms with E-state index in [0.29, 0.717) is 5.56 Å². The highest BCUT2D eigenvalue weighted by molar-refractivity contribution is 7.08. The van der Waals surface area contributed by atoms with E-state index >= 15 is 0 Å². The van der Waals surface area contributed by atoms with Crippen molar-refractivity contribution in [3.63, 3.8) is 0 Å². The summed E-state index contributed by atoms with van der Waals surface area (Å²) in [6.07, 6.45) is 0.851. The van der Waals surface area contributed by atoms with Crippen LogP contribution in [-0.2, 0) is 0 Å². The molecule has 0 aliphatic rings. The van der Waals surface area contributed by atoms with Crippen LogP contribution in [0.15, 0.2) is 41.1 Å². The number of hydrogen-bond donors (Lipinski definition) is 0. The Labute approximate surface area is 114 Å². The quantitative estimate of drug-likeness (QED) is 0.679. The van der Waals surface area contributed by atoms with Gasteiger partial charge in [-0.15, -0.1) is 0 Å². The predicted octanol–water partition coefficient (Wildman–Crippen LogP) is 3.78. The Kier molecular flexibility index (Phi) is 3.01. The minimum atomic E-state index is 0.607. The Balaban J connectivity index is 2.28. The number of aldehydes is 1. The van der Waals surface area contributed by atoms with Crippen molar-refractivity contribution >= 4 is 28.5 Å². The third-order valence-electron chi connectivity index (χ3n) is 2.98. The van der Waals surface area contributed by atoms with Gasteiger partial charge in [0.2, 0.25) is 0 Å². The van der Waals surface area contributed by atoms with E-state index in [4.69, 9.17) is 4.74 Å². The Hall–Kier alpha value is -2.20. The van der Waals surface area contributed by atoms with Gasteiger partial charge in [0, 0.05) is 28.0 Å². The van der Waals surface area contributed by atoms with Crippen LogP contribution < -0.4 is 4.74 Å². The van der Waals surface area contributed by atoms with Gasteiger partial charge in [-0.1, -0.05) is 0 Å². The van der Waals surface area contributed by atoms with Crippen LogP contribution >= 0.6 is 11.3 Å². The molecular formula is C15H11NO2S. The SMILES string of the molecule is COc1ccc2cc(C=O)c(-c3ccsc3)nc2c1. The summed E-state index contributed by atoms with van der Waals surface area (Å²) in [5.74, 6) is 0.759. The van der Waals surface area contributed by atoms with Crippen LogP contribution in [0.1, 0.15) is 10.4 Å². The second kappa shape index (κ2) is 4.82. The topological polar surface area (TPSA) is 39.2 Å². The average molecular weight is 269 g/mol. The molecule has 94 valence electrons. The summed E-state index contributed by atoms with van der Waals surface area (Å²) in [6, 6.07) is 9.47. The number of nitrogens with zero attached hydrogens (tertiary/aromatic N) is 1. The van der Waals surface area contributed by atoms with Crippen molar-refractivity contribution in [2.45, 2.75) is 0 Å². The smallest absolute Gasteiger partial charge is 0.152 e. The standard InChI is InChI=1S/C15H11NO2S/c1-18-13-3-2-10-6-12(8-17)15(16-14(10)7-13)11-4-5-19-9-11/h2-9H,1H3. The predicted molar refractivity (Wildman–Crippen MR) is 77.0 cm³/mol. The lowest BCUT2D eigenvalue weighted by Gasteiger charge is -2.06. The van der Waals surface area contributed by atoms with Crippen LogP contribution in [0.4, 0.5) is 0 Å². The zero-order chi connectivity index (χ0) is 13.2. The number of methoxy groups -OCH3 is 1. The molecule has 3 nitrogen and oxygen atoms in total. The summed E-state index contributed by atoms with van der Waals surface area (Å²) >= 11 is 1.59. The zero-order valence-corrected chi connectivity index (χ0v) is 11.1. The van der Waals surface area contributed by atoms with Crippen LogP contribution in [0.5, 0.6) is 5.75 Å². The van der Waals surface area contributed by atoms with Crippen LogP contribution in [0.3, 0.4) is 0 Å². The van der Waals surface area contributed by atoms with Gasteiger partial charge in [-0.2, -0.15) is 11.3 Å². The van der Waals surface area contributed by atoms with Crippen molar-refractivity contribution in [1.82, 2.24) is 4.98 Å².